The fraction of sp³-hybridized carbons (Fsp3) is 0.0870. The molecule has 0 saturated carbocycles. The highest BCUT2D eigenvalue weighted by Gasteiger charge is 2.25. The van der Waals surface area contributed by atoms with Gasteiger partial charge in [0.25, 0.3) is 0 Å². The Bertz CT molecular complexity index is 1190. The largest absolute Gasteiger partial charge is 0.353 e. The lowest BCUT2D eigenvalue weighted by Gasteiger charge is -2.04. The van der Waals surface area contributed by atoms with Crippen LogP contribution < -0.4 is 5.32 Å². The van der Waals surface area contributed by atoms with Crippen molar-refractivity contribution in [2.75, 3.05) is 5.32 Å². The molecular weight excluding hydrogens is 368 g/mol. The second kappa shape index (κ2) is 7.09. The van der Waals surface area contributed by atoms with Crippen LogP contribution in [0.5, 0.6) is 0 Å². The summed E-state index contributed by atoms with van der Waals surface area (Å²) >= 11 is 0. The predicted octanol–water partition coefficient (Wildman–Crippen LogP) is 5.17. The van der Waals surface area contributed by atoms with Crippen LogP contribution >= 0.6 is 0 Å². The Balaban J connectivity index is 1.85. The summed E-state index contributed by atoms with van der Waals surface area (Å²) in [5.41, 5.74) is 5.87. The lowest BCUT2D eigenvalue weighted by atomic mass is 10.1. The van der Waals surface area contributed by atoms with Crippen LogP contribution in [0.15, 0.2) is 93.8 Å². The summed E-state index contributed by atoms with van der Waals surface area (Å²) in [5.74, 6) is 0. The molecule has 1 heterocycles. The Labute approximate surface area is 165 Å². The van der Waals surface area contributed by atoms with Gasteiger partial charge in [0, 0.05) is 11.3 Å². The summed E-state index contributed by atoms with van der Waals surface area (Å²) in [4.78, 5) is 5.02. The van der Waals surface area contributed by atoms with Crippen molar-refractivity contribution in [2.24, 2.45) is 4.99 Å². The molecular formula is C23H20N2O2S. The van der Waals surface area contributed by atoms with E-state index in [1.807, 2.05) is 56.3 Å². The normalized spacial score (nSPS) is 16.2. The van der Waals surface area contributed by atoms with Crippen LogP contribution in [-0.4, -0.2) is 14.1 Å². The van der Waals surface area contributed by atoms with Crippen molar-refractivity contribution in [1.29, 1.82) is 0 Å². The second-order valence-corrected chi connectivity index (χ2v) is 8.66. The van der Waals surface area contributed by atoms with Crippen molar-refractivity contribution in [1.82, 2.24) is 0 Å². The van der Waals surface area contributed by atoms with Gasteiger partial charge in [-0.25, -0.2) is 13.4 Å². The third kappa shape index (κ3) is 3.62. The minimum absolute atomic E-state index is 0.256. The maximum absolute atomic E-state index is 12.9. The molecule has 140 valence electrons. The fourth-order valence-corrected chi connectivity index (χ4v) is 4.25. The van der Waals surface area contributed by atoms with Crippen molar-refractivity contribution in [2.45, 2.75) is 18.7 Å². The van der Waals surface area contributed by atoms with Gasteiger partial charge in [-0.05, 0) is 50.2 Å². The summed E-state index contributed by atoms with van der Waals surface area (Å²) in [5, 5.41) is 4.49. The Hall–Kier alpha value is -3.18. The van der Waals surface area contributed by atoms with Gasteiger partial charge in [0.05, 0.1) is 27.4 Å². The van der Waals surface area contributed by atoms with Gasteiger partial charge in [-0.15, -0.1) is 0 Å². The molecule has 4 nitrogen and oxygen atoms in total. The van der Waals surface area contributed by atoms with Crippen LogP contribution in [0.3, 0.4) is 0 Å². The van der Waals surface area contributed by atoms with E-state index < -0.39 is 9.84 Å². The van der Waals surface area contributed by atoms with Crippen molar-refractivity contribution < 1.29 is 8.42 Å². The van der Waals surface area contributed by atoms with Gasteiger partial charge in [0.15, 0.2) is 0 Å². The maximum Gasteiger partial charge on any atom is 0.201 e. The van der Waals surface area contributed by atoms with Gasteiger partial charge in [-0.2, -0.15) is 0 Å². The standard InChI is InChI=1S/C23H20N2O2S/c1-16-8-11-18(12-9-16)24-23-20-14-17(2)10-13-21(20)25-22(23)15-28(26,27)19-6-4-3-5-7-19/h3-15,25H,1-2H3/b22-15-,24-23?. The molecule has 0 unspecified atom stereocenters. The van der Waals surface area contributed by atoms with Crippen LogP contribution in [0.4, 0.5) is 11.4 Å². The Morgan fingerprint density at radius 3 is 2.25 bits per heavy atom. The molecule has 5 heteroatoms. The molecule has 1 aliphatic heterocycles. The highest BCUT2D eigenvalue weighted by molar-refractivity contribution is 7.94. The molecule has 3 aromatic carbocycles. The molecule has 4 rings (SSSR count). The number of nitrogens with zero attached hydrogens (tertiary/aromatic N) is 1. The zero-order valence-electron chi connectivity index (χ0n) is 15.7. The first-order valence-electron chi connectivity index (χ1n) is 8.98. The SMILES string of the molecule is Cc1ccc(N=C2/C(=C/S(=O)(=O)c3ccccc3)Nc3ccc(C)cc32)cc1. The first-order valence-corrected chi connectivity index (χ1v) is 10.5. The molecule has 0 amide bonds. The van der Waals surface area contributed by atoms with Gasteiger partial charge in [-0.3, -0.25) is 0 Å². The number of benzene rings is 3. The summed E-state index contributed by atoms with van der Waals surface area (Å²) in [6.07, 6.45) is 0. The van der Waals surface area contributed by atoms with Crippen molar-refractivity contribution in [3.8, 4) is 0 Å². The molecule has 0 saturated heterocycles. The average Bonchev–Trinajstić information content (AvgIpc) is 3.00. The van der Waals surface area contributed by atoms with Crippen molar-refractivity contribution in [3.63, 3.8) is 0 Å². The number of hydrogen-bond donors (Lipinski definition) is 1. The molecule has 1 N–H and O–H groups in total. The molecule has 3 aromatic rings. The molecule has 0 radical (unpaired) electrons. The van der Waals surface area contributed by atoms with E-state index in [9.17, 15) is 8.42 Å². The van der Waals surface area contributed by atoms with E-state index in [1.54, 1.807) is 30.3 Å². The van der Waals surface area contributed by atoms with Gasteiger partial charge in [0.1, 0.15) is 0 Å². The van der Waals surface area contributed by atoms with E-state index in [0.29, 0.717) is 11.4 Å². The first-order chi connectivity index (χ1) is 13.4. The van der Waals surface area contributed by atoms with Gasteiger partial charge >= 0.3 is 0 Å². The van der Waals surface area contributed by atoms with Gasteiger partial charge in [-0.1, -0.05) is 47.5 Å². The maximum atomic E-state index is 12.9. The number of anilines is 1. The number of aryl methyl sites for hydroxylation is 2. The highest BCUT2D eigenvalue weighted by Crippen LogP contribution is 2.32. The number of sulfone groups is 1. The molecule has 0 fully saturated rings. The predicted molar refractivity (Wildman–Crippen MR) is 114 cm³/mol. The van der Waals surface area contributed by atoms with E-state index in [0.717, 1.165) is 28.1 Å². The van der Waals surface area contributed by atoms with Crippen LogP contribution in [0.2, 0.25) is 0 Å². The number of nitrogens with one attached hydrogen (secondary N) is 1. The number of allylic oxidation sites excluding steroid dienone is 1. The monoisotopic (exact) mass is 388 g/mol. The minimum atomic E-state index is -3.61. The molecule has 0 bridgehead atoms. The average molecular weight is 388 g/mol. The van der Waals surface area contributed by atoms with Crippen LogP contribution in [-0.2, 0) is 9.84 Å². The van der Waals surface area contributed by atoms with Crippen LogP contribution in [0.25, 0.3) is 0 Å². The van der Waals surface area contributed by atoms with Crippen molar-refractivity contribution in [3.05, 3.63) is 101 Å². The van der Waals surface area contributed by atoms with E-state index in [4.69, 9.17) is 4.99 Å². The van der Waals surface area contributed by atoms with Gasteiger partial charge in [0.2, 0.25) is 9.84 Å². The smallest absolute Gasteiger partial charge is 0.201 e. The highest BCUT2D eigenvalue weighted by atomic mass is 32.2. The lowest BCUT2D eigenvalue weighted by molar-refractivity contribution is 0.604. The zero-order chi connectivity index (χ0) is 19.7. The molecule has 0 spiro atoms. The minimum Gasteiger partial charge on any atom is -0.353 e. The number of fused-ring (bicyclic) bond motifs is 1. The van der Waals surface area contributed by atoms with E-state index >= 15 is 0 Å². The molecule has 1 aliphatic rings. The third-order valence-electron chi connectivity index (χ3n) is 4.57. The number of rotatable bonds is 3. The zero-order valence-corrected chi connectivity index (χ0v) is 16.5. The first kappa shape index (κ1) is 18.2. The molecule has 0 atom stereocenters. The summed E-state index contributed by atoms with van der Waals surface area (Å²) < 4.78 is 25.8. The molecule has 28 heavy (non-hydrogen) atoms. The number of hydrogen-bond acceptors (Lipinski definition) is 4. The molecule has 0 aliphatic carbocycles. The van der Waals surface area contributed by atoms with E-state index in [-0.39, 0.29) is 4.90 Å². The fourth-order valence-electron chi connectivity index (χ4n) is 3.10. The number of aliphatic imine (C=N–C) groups is 1. The third-order valence-corrected chi connectivity index (χ3v) is 6.05. The Morgan fingerprint density at radius 1 is 0.857 bits per heavy atom. The van der Waals surface area contributed by atoms with E-state index in [1.165, 1.54) is 5.41 Å². The van der Waals surface area contributed by atoms with Crippen LogP contribution in [0, 0.1) is 13.8 Å². The molecule has 0 aromatic heterocycles. The van der Waals surface area contributed by atoms with Crippen molar-refractivity contribution >= 4 is 26.9 Å². The Kier molecular flexibility index (Phi) is 4.61. The summed E-state index contributed by atoms with van der Waals surface area (Å²) in [6.45, 7) is 4.02. The topological polar surface area (TPSA) is 58.5 Å². The summed E-state index contributed by atoms with van der Waals surface area (Å²) in [7, 11) is -3.61. The second-order valence-electron chi connectivity index (χ2n) is 6.86. The van der Waals surface area contributed by atoms with Gasteiger partial charge < -0.3 is 5.32 Å². The summed E-state index contributed by atoms with van der Waals surface area (Å²) in [6, 6.07) is 22.2. The quantitative estimate of drug-likeness (QED) is 0.674. The van der Waals surface area contributed by atoms with E-state index in [2.05, 4.69) is 5.32 Å². The van der Waals surface area contributed by atoms with Crippen LogP contribution in [0.1, 0.15) is 16.7 Å². The Morgan fingerprint density at radius 2 is 1.54 bits per heavy atom. The lowest BCUT2D eigenvalue weighted by Crippen LogP contribution is -2.07.